The molecule has 1 heterocycles. The number of carbonyl (C=O) groups excluding carboxylic acids is 2. The lowest BCUT2D eigenvalue weighted by Crippen LogP contribution is -2.37. The number of amides is 2. The summed E-state index contributed by atoms with van der Waals surface area (Å²) >= 11 is 0. The minimum absolute atomic E-state index is 0.162. The van der Waals surface area contributed by atoms with Crippen LogP contribution in [0.1, 0.15) is 52.4 Å². The lowest BCUT2D eigenvalue weighted by atomic mass is 9.90. The van der Waals surface area contributed by atoms with E-state index in [0.717, 1.165) is 6.54 Å². The molecule has 1 aliphatic carbocycles. The van der Waals surface area contributed by atoms with Crippen LogP contribution >= 0.6 is 0 Å². The molecule has 0 spiro atoms. The fraction of sp³-hybridized carbons (Fsp3) is 0.417. The molecular formula is C24H28N3O2. The van der Waals surface area contributed by atoms with E-state index < -0.39 is 11.9 Å². The van der Waals surface area contributed by atoms with E-state index in [2.05, 4.69) is 49.3 Å². The Morgan fingerprint density at radius 2 is 2.07 bits per heavy atom. The second-order valence-corrected chi connectivity index (χ2v) is 8.59. The van der Waals surface area contributed by atoms with Gasteiger partial charge in [-0.1, -0.05) is 42.5 Å². The maximum Gasteiger partial charge on any atom is 0.255 e. The number of carbonyl (C=O) groups is 2. The Morgan fingerprint density at radius 1 is 1.28 bits per heavy atom. The van der Waals surface area contributed by atoms with Gasteiger partial charge in [0.15, 0.2) is 0 Å². The van der Waals surface area contributed by atoms with Gasteiger partial charge in [-0.05, 0) is 74.5 Å². The van der Waals surface area contributed by atoms with Crippen LogP contribution in [0, 0.1) is 6.07 Å². The molecule has 2 aliphatic rings. The van der Waals surface area contributed by atoms with Gasteiger partial charge in [0.1, 0.15) is 6.04 Å². The highest BCUT2D eigenvalue weighted by atomic mass is 16.2. The number of nitrogens with two attached hydrogens (primary N) is 1. The first-order chi connectivity index (χ1) is 13.9. The molecule has 1 aliphatic heterocycles. The van der Waals surface area contributed by atoms with Crippen LogP contribution in [-0.4, -0.2) is 48.8 Å². The Bertz CT molecular complexity index is 933. The van der Waals surface area contributed by atoms with E-state index in [1.54, 1.807) is 23.1 Å². The van der Waals surface area contributed by atoms with Crippen LogP contribution in [0.2, 0.25) is 0 Å². The molecule has 0 bridgehead atoms. The summed E-state index contributed by atoms with van der Waals surface area (Å²) in [6.45, 7) is 1.55. The number of benzene rings is 2. The van der Waals surface area contributed by atoms with Gasteiger partial charge in [0, 0.05) is 6.54 Å². The summed E-state index contributed by atoms with van der Waals surface area (Å²) in [5.41, 5.74) is 9.66. The zero-order valence-electron chi connectivity index (χ0n) is 17.1. The normalized spacial score (nSPS) is 19.5. The third-order valence-corrected chi connectivity index (χ3v) is 6.31. The summed E-state index contributed by atoms with van der Waals surface area (Å²) < 4.78 is 0. The molecule has 1 atom stereocenters. The van der Waals surface area contributed by atoms with Crippen molar-refractivity contribution >= 4 is 11.8 Å². The van der Waals surface area contributed by atoms with E-state index in [4.69, 9.17) is 5.73 Å². The Hall–Kier alpha value is -2.66. The minimum atomic E-state index is -0.701. The third kappa shape index (κ3) is 3.79. The molecule has 2 aromatic rings. The van der Waals surface area contributed by atoms with Crippen molar-refractivity contribution in [2.24, 2.45) is 5.73 Å². The van der Waals surface area contributed by atoms with Gasteiger partial charge >= 0.3 is 0 Å². The predicted octanol–water partition coefficient (Wildman–Crippen LogP) is 2.69. The van der Waals surface area contributed by atoms with Crippen molar-refractivity contribution in [2.75, 3.05) is 27.2 Å². The van der Waals surface area contributed by atoms with Crippen LogP contribution < -0.4 is 5.73 Å². The first-order valence-electron chi connectivity index (χ1n) is 10.3. The number of hydrogen-bond donors (Lipinski definition) is 1. The lowest BCUT2D eigenvalue weighted by Gasteiger charge is -2.23. The van der Waals surface area contributed by atoms with Gasteiger partial charge in [0.05, 0.1) is 5.56 Å². The molecule has 1 unspecified atom stereocenters. The van der Waals surface area contributed by atoms with Gasteiger partial charge < -0.3 is 15.5 Å². The van der Waals surface area contributed by atoms with Gasteiger partial charge in [-0.3, -0.25) is 9.59 Å². The van der Waals surface area contributed by atoms with Crippen LogP contribution in [0.4, 0.5) is 0 Å². The molecule has 2 N–H and O–H groups in total. The fourth-order valence-corrected chi connectivity index (χ4v) is 4.41. The van der Waals surface area contributed by atoms with Gasteiger partial charge in [-0.25, -0.2) is 0 Å². The summed E-state index contributed by atoms with van der Waals surface area (Å²) in [6.07, 6.45) is 4.34. The van der Waals surface area contributed by atoms with Gasteiger partial charge in [-0.2, -0.15) is 0 Å². The topological polar surface area (TPSA) is 66.6 Å². The van der Waals surface area contributed by atoms with Crippen molar-refractivity contribution in [3.05, 3.63) is 70.8 Å². The molecule has 151 valence electrons. The van der Waals surface area contributed by atoms with Crippen LogP contribution in [0.3, 0.4) is 0 Å². The number of hydrogen-bond acceptors (Lipinski definition) is 3. The average molecular weight is 391 g/mol. The summed E-state index contributed by atoms with van der Waals surface area (Å²) in [7, 11) is 4.23. The van der Waals surface area contributed by atoms with Crippen molar-refractivity contribution in [1.29, 1.82) is 0 Å². The molecule has 1 radical (unpaired) electrons. The highest BCUT2D eigenvalue weighted by Gasteiger charge is 2.44. The maximum absolute atomic E-state index is 12.8. The molecule has 0 saturated heterocycles. The molecule has 4 rings (SSSR count). The van der Waals surface area contributed by atoms with Gasteiger partial charge in [0.2, 0.25) is 5.91 Å². The molecule has 5 nitrogen and oxygen atoms in total. The third-order valence-electron chi connectivity index (χ3n) is 6.31. The Labute approximate surface area is 172 Å². The second-order valence-electron chi connectivity index (χ2n) is 8.59. The van der Waals surface area contributed by atoms with Crippen LogP contribution in [-0.2, 0) is 16.6 Å². The monoisotopic (exact) mass is 390 g/mol. The quantitative estimate of drug-likeness (QED) is 0.754. The van der Waals surface area contributed by atoms with Crippen molar-refractivity contribution in [3.63, 3.8) is 0 Å². The highest BCUT2D eigenvalue weighted by Crippen LogP contribution is 2.51. The second kappa shape index (κ2) is 7.64. The highest BCUT2D eigenvalue weighted by molar-refractivity contribution is 6.04. The molecule has 5 heteroatoms. The van der Waals surface area contributed by atoms with E-state index in [9.17, 15) is 9.59 Å². The number of primary amides is 1. The van der Waals surface area contributed by atoms with E-state index >= 15 is 0 Å². The van der Waals surface area contributed by atoms with Crippen LogP contribution in [0.15, 0.2) is 42.5 Å². The SMILES string of the molecule is CN(C)CCC1(c2cccc(CCN3C(=O)c4[c]cccc4C3C(N)=O)c2)CC1. The summed E-state index contributed by atoms with van der Waals surface area (Å²) in [5, 5.41) is 0. The largest absolute Gasteiger partial charge is 0.368 e. The Balaban J connectivity index is 1.49. The molecular weight excluding hydrogens is 362 g/mol. The first-order valence-corrected chi connectivity index (χ1v) is 10.3. The Morgan fingerprint density at radius 3 is 2.76 bits per heavy atom. The van der Waals surface area contributed by atoms with Gasteiger partial charge in [-0.15, -0.1) is 0 Å². The number of nitrogens with zero attached hydrogens (tertiary/aromatic N) is 2. The van der Waals surface area contributed by atoms with E-state index in [1.807, 2.05) is 0 Å². The van der Waals surface area contributed by atoms with Gasteiger partial charge in [0.25, 0.3) is 5.91 Å². The minimum Gasteiger partial charge on any atom is -0.368 e. The summed E-state index contributed by atoms with van der Waals surface area (Å²) in [4.78, 5) is 28.7. The molecule has 1 fully saturated rings. The maximum atomic E-state index is 12.8. The van der Waals surface area contributed by atoms with E-state index in [0.29, 0.717) is 29.5 Å². The Kier molecular flexibility index (Phi) is 5.17. The summed E-state index contributed by atoms with van der Waals surface area (Å²) in [5.74, 6) is -0.656. The molecule has 29 heavy (non-hydrogen) atoms. The van der Waals surface area contributed by atoms with E-state index in [-0.39, 0.29) is 5.91 Å². The first kappa shape index (κ1) is 19.6. The molecule has 2 aromatic carbocycles. The van der Waals surface area contributed by atoms with Crippen molar-refractivity contribution in [2.45, 2.75) is 37.1 Å². The van der Waals surface area contributed by atoms with Crippen molar-refractivity contribution in [1.82, 2.24) is 9.80 Å². The average Bonchev–Trinajstić information content (AvgIpc) is 3.45. The zero-order valence-corrected chi connectivity index (χ0v) is 17.1. The summed E-state index contributed by atoms with van der Waals surface area (Å²) in [6, 6.07) is 16.3. The van der Waals surface area contributed by atoms with Crippen molar-refractivity contribution in [3.8, 4) is 0 Å². The molecule has 0 aromatic heterocycles. The zero-order chi connectivity index (χ0) is 20.6. The van der Waals surface area contributed by atoms with Crippen LogP contribution in [0.5, 0.6) is 0 Å². The van der Waals surface area contributed by atoms with Crippen molar-refractivity contribution < 1.29 is 9.59 Å². The predicted molar refractivity (Wildman–Crippen MR) is 112 cm³/mol. The lowest BCUT2D eigenvalue weighted by molar-refractivity contribution is -0.122. The molecule has 2 amide bonds. The number of rotatable bonds is 8. The number of fused-ring (bicyclic) bond motifs is 1. The van der Waals surface area contributed by atoms with E-state index in [1.165, 1.54) is 30.4 Å². The molecule has 1 saturated carbocycles. The standard InChI is InChI=1S/C24H28N3O2/c1-26(2)15-13-24(11-12-24)18-7-5-6-17(16-18)10-14-27-21(22(25)28)19-8-3-4-9-20(19)23(27)29/h3-8,16,21H,10-15H2,1-2H3,(H2,25,28). The fourth-order valence-electron chi connectivity index (χ4n) is 4.41. The van der Waals surface area contributed by atoms with Crippen LogP contribution in [0.25, 0.3) is 0 Å². The smallest absolute Gasteiger partial charge is 0.255 e.